The number of aromatic nitrogens is 4. The second-order valence-electron chi connectivity index (χ2n) is 11.4. The highest BCUT2D eigenvalue weighted by Crippen LogP contribution is 2.32. The number of nitrogens with zero attached hydrogens (tertiary/aromatic N) is 4. The first-order valence-corrected chi connectivity index (χ1v) is 15.3. The molecule has 0 saturated heterocycles. The second-order valence-corrected chi connectivity index (χ2v) is 11.4. The lowest BCUT2D eigenvalue weighted by atomic mass is 10.0. The number of aryl methyl sites for hydroxylation is 2. The molecule has 7 nitrogen and oxygen atoms in total. The summed E-state index contributed by atoms with van der Waals surface area (Å²) in [6.45, 7) is 2.08. The van der Waals surface area contributed by atoms with Gasteiger partial charge >= 0.3 is 6.01 Å². The predicted octanol–water partition coefficient (Wildman–Crippen LogP) is 7.40. The summed E-state index contributed by atoms with van der Waals surface area (Å²) in [6, 6.07) is 35.3. The molecule has 6 aromatic rings. The van der Waals surface area contributed by atoms with Crippen LogP contribution in [0, 0.1) is 0 Å². The van der Waals surface area contributed by atoms with Gasteiger partial charge in [0.2, 0.25) is 0 Å². The van der Waals surface area contributed by atoms with Gasteiger partial charge in [0.05, 0.1) is 25.0 Å². The first kappa shape index (κ1) is 27.8. The number of hydrogen-bond donors (Lipinski definition) is 2. The molecular formula is C37H35N5O2. The number of aliphatic hydroxyl groups is 1. The smallest absolute Gasteiger partial charge is 0.326 e. The number of hydrogen-bond acceptors (Lipinski definition) is 6. The van der Waals surface area contributed by atoms with E-state index in [9.17, 15) is 5.11 Å². The topological polar surface area (TPSA) is 85.1 Å². The Bertz CT molecular complexity index is 1870. The summed E-state index contributed by atoms with van der Waals surface area (Å²) in [5.74, 6) is 1.25. The van der Waals surface area contributed by atoms with E-state index in [1.165, 1.54) is 28.7 Å². The van der Waals surface area contributed by atoms with Gasteiger partial charge in [0.15, 0.2) is 17.0 Å². The molecule has 2 heterocycles. The molecule has 44 heavy (non-hydrogen) atoms. The Morgan fingerprint density at radius 1 is 0.841 bits per heavy atom. The van der Waals surface area contributed by atoms with Crippen LogP contribution in [0.1, 0.15) is 41.6 Å². The standard InChI is InChI=1S/C37H35N5O2/c1-25(27-15-17-30(18-16-27)28-11-6-3-7-12-28)42-24-38-34-35(39-32(23-43)21-26-9-4-2-5-10-26)40-37(41-36(34)42)44-33-20-19-29-13-8-14-31(29)22-33/h2-7,9-12,15-20,22,24-25,32,43H,8,13-14,21,23H2,1H3,(H,39,40,41)/t25?,32-/m0/s1. The third-order valence-corrected chi connectivity index (χ3v) is 8.48. The van der Waals surface area contributed by atoms with Gasteiger partial charge in [0.25, 0.3) is 0 Å². The summed E-state index contributed by atoms with van der Waals surface area (Å²) in [6.07, 6.45) is 5.78. The van der Waals surface area contributed by atoms with Crippen LogP contribution in [0.25, 0.3) is 22.3 Å². The van der Waals surface area contributed by atoms with E-state index in [1.54, 1.807) is 0 Å². The zero-order valence-electron chi connectivity index (χ0n) is 24.7. The highest BCUT2D eigenvalue weighted by Gasteiger charge is 2.21. The lowest BCUT2D eigenvalue weighted by molar-refractivity contribution is 0.273. The summed E-state index contributed by atoms with van der Waals surface area (Å²) in [5, 5.41) is 13.7. The molecule has 0 spiro atoms. The molecule has 7 rings (SSSR count). The molecule has 7 heteroatoms. The predicted molar refractivity (Wildman–Crippen MR) is 174 cm³/mol. The fourth-order valence-corrected chi connectivity index (χ4v) is 6.04. The van der Waals surface area contributed by atoms with Crippen LogP contribution in [0.15, 0.2) is 109 Å². The molecule has 0 radical (unpaired) electrons. The second kappa shape index (κ2) is 12.3. The number of fused-ring (bicyclic) bond motifs is 2. The van der Waals surface area contributed by atoms with Crippen molar-refractivity contribution in [2.24, 2.45) is 0 Å². The molecule has 1 aliphatic carbocycles. The van der Waals surface area contributed by atoms with Crippen molar-refractivity contribution in [3.63, 3.8) is 0 Å². The van der Waals surface area contributed by atoms with Crippen molar-refractivity contribution < 1.29 is 9.84 Å². The van der Waals surface area contributed by atoms with Crippen LogP contribution in [0.2, 0.25) is 0 Å². The molecule has 1 aliphatic rings. The summed E-state index contributed by atoms with van der Waals surface area (Å²) < 4.78 is 8.35. The van der Waals surface area contributed by atoms with E-state index < -0.39 is 0 Å². The Balaban J connectivity index is 1.24. The van der Waals surface area contributed by atoms with Crippen molar-refractivity contribution in [2.45, 2.75) is 44.7 Å². The number of benzene rings is 4. The van der Waals surface area contributed by atoms with Gasteiger partial charge in [-0.15, -0.1) is 0 Å². The number of anilines is 1. The van der Waals surface area contributed by atoms with Crippen molar-refractivity contribution in [3.05, 3.63) is 132 Å². The van der Waals surface area contributed by atoms with Gasteiger partial charge < -0.3 is 19.7 Å². The molecule has 2 aromatic heterocycles. The van der Waals surface area contributed by atoms with E-state index in [0.717, 1.165) is 29.7 Å². The minimum Gasteiger partial charge on any atom is -0.424 e. The number of rotatable bonds is 10. The van der Waals surface area contributed by atoms with Gasteiger partial charge in [-0.25, -0.2) is 4.98 Å². The Kier molecular flexibility index (Phi) is 7.78. The molecule has 220 valence electrons. The van der Waals surface area contributed by atoms with Gasteiger partial charge in [-0.3, -0.25) is 0 Å². The van der Waals surface area contributed by atoms with Crippen molar-refractivity contribution in [2.75, 3.05) is 11.9 Å². The molecule has 0 saturated carbocycles. The Morgan fingerprint density at radius 2 is 1.57 bits per heavy atom. The third kappa shape index (κ3) is 5.79. The summed E-state index contributed by atoms with van der Waals surface area (Å²) in [7, 11) is 0. The monoisotopic (exact) mass is 581 g/mol. The first-order chi connectivity index (χ1) is 21.6. The third-order valence-electron chi connectivity index (χ3n) is 8.48. The van der Waals surface area contributed by atoms with E-state index in [1.807, 2.05) is 36.7 Å². The highest BCUT2D eigenvalue weighted by molar-refractivity contribution is 5.84. The van der Waals surface area contributed by atoms with Gasteiger partial charge in [0, 0.05) is 0 Å². The average Bonchev–Trinajstić information content (AvgIpc) is 3.72. The van der Waals surface area contributed by atoms with Gasteiger partial charge in [-0.05, 0) is 78.1 Å². The molecule has 2 N–H and O–H groups in total. The van der Waals surface area contributed by atoms with Crippen LogP contribution in [-0.2, 0) is 19.3 Å². The lowest BCUT2D eigenvalue weighted by Crippen LogP contribution is -2.27. The summed E-state index contributed by atoms with van der Waals surface area (Å²) >= 11 is 0. The quantitative estimate of drug-likeness (QED) is 0.175. The van der Waals surface area contributed by atoms with Crippen LogP contribution in [0.5, 0.6) is 11.8 Å². The molecule has 4 aromatic carbocycles. The summed E-state index contributed by atoms with van der Waals surface area (Å²) in [5.41, 5.74) is 8.61. The van der Waals surface area contributed by atoms with Gasteiger partial charge in [-0.1, -0.05) is 91.0 Å². The van der Waals surface area contributed by atoms with Gasteiger partial charge in [0.1, 0.15) is 5.75 Å². The Labute approximate surface area is 257 Å². The molecule has 0 aliphatic heterocycles. The van der Waals surface area contributed by atoms with Gasteiger partial charge in [-0.2, -0.15) is 9.97 Å². The molecule has 0 bridgehead atoms. The summed E-state index contributed by atoms with van der Waals surface area (Å²) in [4.78, 5) is 14.4. The molecule has 0 fully saturated rings. The number of aliphatic hydroxyl groups excluding tert-OH is 1. The van der Waals surface area contributed by atoms with Crippen molar-refractivity contribution >= 4 is 17.0 Å². The van der Waals surface area contributed by atoms with Crippen molar-refractivity contribution in [3.8, 4) is 22.9 Å². The molecular weight excluding hydrogens is 546 g/mol. The SMILES string of the molecule is CC(c1ccc(-c2ccccc2)cc1)n1cnc2c(N[C@H](CO)Cc3ccccc3)nc(Oc3ccc4c(c3)CCC4)nc21. The Morgan fingerprint density at radius 3 is 2.34 bits per heavy atom. The van der Waals surface area contributed by atoms with E-state index in [0.29, 0.717) is 23.4 Å². The van der Waals surface area contributed by atoms with Crippen LogP contribution in [0.3, 0.4) is 0 Å². The van der Waals surface area contributed by atoms with Crippen LogP contribution in [0.4, 0.5) is 5.82 Å². The van der Waals surface area contributed by atoms with Crippen LogP contribution >= 0.6 is 0 Å². The Hall–Kier alpha value is -5.01. The zero-order chi connectivity index (χ0) is 29.9. The van der Waals surface area contributed by atoms with Crippen LogP contribution in [-0.4, -0.2) is 37.3 Å². The maximum Gasteiger partial charge on any atom is 0.326 e. The maximum absolute atomic E-state index is 10.3. The normalized spacial score (nSPS) is 13.9. The minimum atomic E-state index is -0.267. The van der Waals surface area contributed by atoms with Crippen LogP contribution < -0.4 is 10.1 Å². The number of nitrogens with one attached hydrogen (secondary N) is 1. The van der Waals surface area contributed by atoms with Crippen molar-refractivity contribution in [1.82, 2.24) is 19.5 Å². The fourth-order valence-electron chi connectivity index (χ4n) is 6.04. The highest BCUT2D eigenvalue weighted by atomic mass is 16.5. The maximum atomic E-state index is 10.3. The van der Waals surface area contributed by atoms with Crippen molar-refractivity contribution in [1.29, 1.82) is 0 Å². The zero-order valence-corrected chi connectivity index (χ0v) is 24.7. The average molecular weight is 582 g/mol. The fraction of sp³-hybridized carbons (Fsp3) is 0.216. The van der Waals surface area contributed by atoms with E-state index >= 15 is 0 Å². The first-order valence-electron chi connectivity index (χ1n) is 15.3. The molecule has 1 unspecified atom stereocenters. The van der Waals surface area contributed by atoms with E-state index in [-0.39, 0.29) is 24.7 Å². The number of imidazole rings is 1. The molecule has 2 atom stereocenters. The lowest BCUT2D eigenvalue weighted by Gasteiger charge is -2.19. The largest absolute Gasteiger partial charge is 0.424 e. The van der Waals surface area contributed by atoms with E-state index in [4.69, 9.17) is 19.7 Å². The molecule has 0 amide bonds. The van der Waals surface area contributed by atoms with E-state index in [2.05, 4.69) is 89.6 Å². The minimum absolute atomic E-state index is 0.0432. The number of ether oxygens (including phenoxy) is 1.